The van der Waals surface area contributed by atoms with Crippen LogP contribution >= 0.6 is 11.6 Å². The molecule has 3 nitrogen and oxygen atoms in total. The van der Waals surface area contributed by atoms with Crippen LogP contribution in [-0.2, 0) is 11.2 Å². The molecule has 0 aliphatic heterocycles. The van der Waals surface area contributed by atoms with Crippen molar-refractivity contribution in [2.45, 2.75) is 26.3 Å². The lowest BCUT2D eigenvalue weighted by molar-refractivity contribution is -0.121. The lowest BCUT2D eigenvalue weighted by Gasteiger charge is -2.15. The van der Waals surface area contributed by atoms with Gasteiger partial charge in [0, 0.05) is 5.02 Å². The number of benzene rings is 2. The van der Waals surface area contributed by atoms with E-state index < -0.39 is 5.82 Å². The van der Waals surface area contributed by atoms with Crippen LogP contribution < -0.4 is 10.1 Å². The maximum absolute atomic E-state index is 13.7. The summed E-state index contributed by atoms with van der Waals surface area (Å²) in [5.74, 6) is 0.0166. The highest BCUT2D eigenvalue weighted by Crippen LogP contribution is 2.15. The number of aryl methyl sites for hydroxylation is 1. The molecule has 5 heteroatoms. The van der Waals surface area contributed by atoms with E-state index in [0.29, 0.717) is 17.2 Å². The predicted octanol–water partition coefficient (Wildman–Crippen LogP) is 3.91. The van der Waals surface area contributed by atoms with Gasteiger partial charge in [-0.3, -0.25) is 4.79 Å². The number of nitrogens with one attached hydrogen (secondary N) is 1. The lowest BCUT2D eigenvalue weighted by atomic mass is 10.1. The third-order valence-corrected chi connectivity index (χ3v) is 3.53. The highest BCUT2D eigenvalue weighted by Gasteiger charge is 2.12. The van der Waals surface area contributed by atoms with E-state index in [0.717, 1.165) is 11.3 Å². The van der Waals surface area contributed by atoms with Gasteiger partial charge in [0.1, 0.15) is 18.2 Å². The number of amides is 1. The Balaban J connectivity index is 1.81. The van der Waals surface area contributed by atoms with Gasteiger partial charge in [-0.05, 0) is 43.7 Å². The molecule has 0 fully saturated rings. The van der Waals surface area contributed by atoms with Gasteiger partial charge in [0.25, 0.3) is 0 Å². The standard InChI is InChI=1S/C18H19ClFNO2/c1-12-3-7-16(8-4-12)23-11-13(2)21-18(22)9-14-5-6-15(19)10-17(14)20/h3-8,10,13H,9,11H2,1-2H3,(H,21,22). The number of rotatable bonds is 6. The summed E-state index contributed by atoms with van der Waals surface area (Å²) < 4.78 is 19.3. The Hall–Kier alpha value is -2.07. The van der Waals surface area contributed by atoms with Gasteiger partial charge in [0.05, 0.1) is 12.5 Å². The van der Waals surface area contributed by atoms with Crippen LogP contribution in [0.4, 0.5) is 4.39 Å². The molecule has 2 aromatic rings. The molecule has 2 rings (SSSR count). The van der Waals surface area contributed by atoms with Crippen LogP contribution in [0.2, 0.25) is 5.02 Å². The Morgan fingerprint density at radius 2 is 1.96 bits per heavy atom. The molecule has 1 atom stereocenters. The zero-order valence-electron chi connectivity index (χ0n) is 13.1. The Kier molecular flexibility index (Phi) is 5.99. The molecule has 0 aliphatic carbocycles. The van der Waals surface area contributed by atoms with Crippen LogP contribution in [0.1, 0.15) is 18.1 Å². The van der Waals surface area contributed by atoms with Gasteiger partial charge in [-0.1, -0.05) is 35.4 Å². The molecule has 1 amide bonds. The molecule has 0 saturated carbocycles. The molecular weight excluding hydrogens is 317 g/mol. The predicted molar refractivity (Wildman–Crippen MR) is 89.4 cm³/mol. The molecule has 0 spiro atoms. The number of halogens is 2. The molecule has 0 bridgehead atoms. The maximum Gasteiger partial charge on any atom is 0.224 e. The fourth-order valence-corrected chi connectivity index (χ4v) is 2.22. The minimum atomic E-state index is -0.476. The third kappa shape index (κ3) is 5.57. The number of carbonyl (C=O) groups excluding carboxylic acids is 1. The van der Waals surface area contributed by atoms with Crippen LogP contribution in [0.25, 0.3) is 0 Å². The van der Waals surface area contributed by atoms with Crippen LogP contribution in [0.3, 0.4) is 0 Å². The van der Waals surface area contributed by atoms with E-state index in [-0.39, 0.29) is 18.4 Å². The van der Waals surface area contributed by atoms with E-state index >= 15 is 0 Å². The SMILES string of the molecule is Cc1ccc(OCC(C)NC(=O)Cc2ccc(Cl)cc2F)cc1. The summed E-state index contributed by atoms with van der Waals surface area (Å²) in [7, 11) is 0. The quantitative estimate of drug-likeness (QED) is 0.869. The molecule has 0 radical (unpaired) electrons. The van der Waals surface area contributed by atoms with Crippen molar-refractivity contribution in [3.05, 3.63) is 64.4 Å². The first kappa shape index (κ1) is 17.3. The van der Waals surface area contributed by atoms with E-state index in [1.54, 1.807) is 6.07 Å². The second-order valence-electron chi connectivity index (χ2n) is 5.51. The van der Waals surface area contributed by atoms with Crippen molar-refractivity contribution in [3.8, 4) is 5.75 Å². The number of hydrogen-bond acceptors (Lipinski definition) is 2. The van der Waals surface area contributed by atoms with Gasteiger partial charge >= 0.3 is 0 Å². The zero-order valence-corrected chi connectivity index (χ0v) is 13.9. The summed E-state index contributed by atoms with van der Waals surface area (Å²) in [6, 6.07) is 11.8. The Morgan fingerprint density at radius 1 is 1.26 bits per heavy atom. The minimum absolute atomic E-state index is 0.0299. The summed E-state index contributed by atoms with van der Waals surface area (Å²) in [4.78, 5) is 11.9. The molecule has 0 aliphatic rings. The molecular formula is C18H19ClFNO2. The monoisotopic (exact) mass is 335 g/mol. The average molecular weight is 336 g/mol. The molecule has 1 unspecified atom stereocenters. The van der Waals surface area contributed by atoms with Crippen molar-refractivity contribution >= 4 is 17.5 Å². The molecule has 1 N–H and O–H groups in total. The second-order valence-corrected chi connectivity index (χ2v) is 5.94. The van der Waals surface area contributed by atoms with E-state index in [2.05, 4.69) is 5.32 Å². The van der Waals surface area contributed by atoms with Gasteiger partial charge < -0.3 is 10.1 Å². The Morgan fingerprint density at radius 3 is 2.61 bits per heavy atom. The summed E-state index contributed by atoms with van der Waals surface area (Å²) in [6.45, 7) is 4.19. The van der Waals surface area contributed by atoms with Gasteiger partial charge in [-0.25, -0.2) is 4.39 Å². The molecule has 0 aromatic heterocycles. The number of hydrogen-bond donors (Lipinski definition) is 1. The Bertz CT molecular complexity index is 673. The fourth-order valence-electron chi connectivity index (χ4n) is 2.06. The minimum Gasteiger partial charge on any atom is -0.491 e. The topological polar surface area (TPSA) is 38.3 Å². The zero-order chi connectivity index (χ0) is 16.8. The van der Waals surface area contributed by atoms with Crippen LogP contribution in [0, 0.1) is 12.7 Å². The summed E-state index contributed by atoms with van der Waals surface area (Å²) in [5.41, 5.74) is 1.47. The van der Waals surface area contributed by atoms with E-state index in [4.69, 9.17) is 16.3 Å². The number of ether oxygens (including phenoxy) is 1. The van der Waals surface area contributed by atoms with Crippen molar-refractivity contribution in [2.24, 2.45) is 0 Å². The van der Waals surface area contributed by atoms with E-state index in [1.165, 1.54) is 12.1 Å². The van der Waals surface area contributed by atoms with Crippen molar-refractivity contribution in [1.82, 2.24) is 5.32 Å². The molecule has 2 aromatic carbocycles. The first-order chi connectivity index (χ1) is 10.9. The normalized spacial score (nSPS) is 11.8. The molecule has 0 saturated heterocycles. The first-order valence-electron chi connectivity index (χ1n) is 7.37. The molecule has 23 heavy (non-hydrogen) atoms. The van der Waals surface area contributed by atoms with Crippen LogP contribution in [0.5, 0.6) is 5.75 Å². The van der Waals surface area contributed by atoms with Crippen molar-refractivity contribution < 1.29 is 13.9 Å². The van der Waals surface area contributed by atoms with E-state index in [9.17, 15) is 9.18 Å². The first-order valence-corrected chi connectivity index (χ1v) is 7.74. The fraction of sp³-hybridized carbons (Fsp3) is 0.278. The smallest absolute Gasteiger partial charge is 0.224 e. The summed E-state index contributed by atoms with van der Waals surface area (Å²) >= 11 is 5.69. The summed E-state index contributed by atoms with van der Waals surface area (Å²) in [6.07, 6.45) is -0.0299. The van der Waals surface area contributed by atoms with Crippen molar-refractivity contribution in [1.29, 1.82) is 0 Å². The second kappa shape index (κ2) is 7.97. The van der Waals surface area contributed by atoms with E-state index in [1.807, 2.05) is 38.1 Å². The van der Waals surface area contributed by atoms with Crippen molar-refractivity contribution in [2.75, 3.05) is 6.61 Å². The maximum atomic E-state index is 13.7. The largest absolute Gasteiger partial charge is 0.491 e. The molecule has 0 heterocycles. The van der Waals surface area contributed by atoms with Crippen LogP contribution in [-0.4, -0.2) is 18.6 Å². The van der Waals surface area contributed by atoms with Crippen molar-refractivity contribution in [3.63, 3.8) is 0 Å². The average Bonchev–Trinajstić information content (AvgIpc) is 2.49. The lowest BCUT2D eigenvalue weighted by Crippen LogP contribution is -2.37. The van der Waals surface area contributed by atoms with Gasteiger partial charge in [-0.2, -0.15) is 0 Å². The van der Waals surface area contributed by atoms with Crippen LogP contribution in [0.15, 0.2) is 42.5 Å². The highest BCUT2D eigenvalue weighted by molar-refractivity contribution is 6.30. The Labute approximate surface area is 140 Å². The highest BCUT2D eigenvalue weighted by atomic mass is 35.5. The van der Waals surface area contributed by atoms with Gasteiger partial charge in [-0.15, -0.1) is 0 Å². The van der Waals surface area contributed by atoms with Gasteiger partial charge in [0.15, 0.2) is 0 Å². The summed E-state index contributed by atoms with van der Waals surface area (Å²) in [5, 5.41) is 3.10. The number of carbonyl (C=O) groups is 1. The molecule has 122 valence electrons. The van der Waals surface area contributed by atoms with Gasteiger partial charge in [0.2, 0.25) is 5.91 Å². The third-order valence-electron chi connectivity index (χ3n) is 3.29.